The Labute approximate surface area is 175 Å². The first-order chi connectivity index (χ1) is 13.8. The molecule has 0 saturated heterocycles. The number of hydrogen-bond acceptors (Lipinski definition) is 4. The summed E-state index contributed by atoms with van der Waals surface area (Å²) in [6, 6.07) is 6.75. The maximum absolute atomic E-state index is 11.5. The molecule has 0 aromatic heterocycles. The first-order valence-electron chi connectivity index (χ1n) is 10.7. The van der Waals surface area contributed by atoms with E-state index in [-0.39, 0.29) is 11.7 Å². The summed E-state index contributed by atoms with van der Waals surface area (Å²) in [6.07, 6.45) is 9.79. The second-order valence-electron chi connectivity index (χ2n) is 8.26. The van der Waals surface area contributed by atoms with E-state index >= 15 is 0 Å². The fourth-order valence-electron chi connectivity index (χ4n) is 2.92. The summed E-state index contributed by atoms with van der Waals surface area (Å²) in [6.45, 7) is 6.79. The Morgan fingerprint density at radius 2 is 1.45 bits per heavy atom. The van der Waals surface area contributed by atoms with E-state index < -0.39 is 11.6 Å². The van der Waals surface area contributed by atoms with Gasteiger partial charge in [-0.25, -0.2) is 9.59 Å². The molecule has 0 radical (unpaired) electrons. The predicted octanol–water partition coefficient (Wildman–Crippen LogP) is 5.80. The molecule has 0 aliphatic carbocycles. The second-order valence-corrected chi connectivity index (χ2v) is 8.26. The SMILES string of the molecule is CC(C)(C)OC(=O)NCCCCCCCCCCCOc1ccccc1C(=O)O. The molecule has 1 amide bonds. The number of rotatable bonds is 14. The van der Waals surface area contributed by atoms with Crippen molar-refractivity contribution in [2.24, 2.45) is 0 Å². The van der Waals surface area contributed by atoms with Crippen LogP contribution in [-0.2, 0) is 4.74 Å². The molecule has 2 N–H and O–H groups in total. The topological polar surface area (TPSA) is 84.9 Å². The van der Waals surface area contributed by atoms with Gasteiger partial charge < -0.3 is 19.9 Å². The van der Waals surface area contributed by atoms with E-state index in [9.17, 15) is 9.59 Å². The third-order valence-corrected chi connectivity index (χ3v) is 4.36. The van der Waals surface area contributed by atoms with Crippen molar-refractivity contribution < 1.29 is 24.2 Å². The van der Waals surface area contributed by atoms with Crippen molar-refractivity contribution in [2.45, 2.75) is 84.2 Å². The van der Waals surface area contributed by atoms with E-state index in [0.29, 0.717) is 18.9 Å². The molecule has 29 heavy (non-hydrogen) atoms. The predicted molar refractivity (Wildman–Crippen MR) is 115 cm³/mol. The molecule has 0 spiro atoms. The molecule has 0 bridgehead atoms. The fourth-order valence-corrected chi connectivity index (χ4v) is 2.92. The Bertz CT molecular complexity index is 610. The lowest BCUT2D eigenvalue weighted by Crippen LogP contribution is -2.32. The molecule has 164 valence electrons. The molecule has 0 heterocycles. The van der Waals surface area contributed by atoms with Crippen molar-refractivity contribution in [2.75, 3.05) is 13.2 Å². The Balaban J connectivity index is 1.91. The zero-order chi connectivity index (χ0) is 21.5. The molecule has 1 aromatic carbocycles. The number of alkyl carbamates (subject to hydrolysis) is 1. The number of ether oxygens (including phenoxy) is 2. The molecule has 0 unspecified atom stereocenters. The minimum absolute atomic E-state index is 0.216. The smallest absolute Gasteiger partial charge is 0.407 e. The number of carboxylic acid groups (broad SMARTS) is 1. The first-order valence-corrected chi connectivity index (χ1v) is 10.7. The number of hydrogen-bond donors (Lipinski definition) is 2. The normalized spacial score (nSPS) is 11.1. The summed E-state index contributed by atoms with van der Waals surface area (Å²) < 4.78 is 10.8. The highest BCUT2D eigenvalue weighted by atomic mass is 16.6. The van der Waals surface area contributed by atoms with Crippen molar-refractivity contribution >= 4 is 12.1 Å². The van der Waals surface area contributed by atoms with Crippen molar-refractivity contribution in [3.8, 4) is 5.75 Å². The van der Waals surface area contributed by atoms with Gasteiger partial charge in [-0.05, 0) is 45.7 Å². The number of benzene rings is 1. The van der Waals surface area contributed by atoms with Gasteiger partial charge in [-0.1, -0.05) is 57.1 Å². The minimum Gasteiger partial charge on any atom is -0.493 e. The monoisotopic (exact) mass is 407 g/mol. The lowest BCUT2D eigenvalue weighted by atomic mass is 10.1. The summed E-state index contributed by atoms with van der Waals surface area (Å²) in [7, 11) is 0. The van der Waals surface area contributed by atoms with Crippen LogP contribution in [0.2, 0.25) is 0 Å². The molecule has 6 nitrogen and oxygen atoms in total. The van der Waals surface area contributed by atoms with Crippen LogP contribution in [0.4, 0.5) is 4.79 Å². The van der Waals surface area contributed by atoms with Crippen molar-refractivity contribution in [1.82, 2.24) is 5.32 Å². The zero-order valence-corrected chi connectivity index (χ0v) is 18.2. The van der Waals surface area contributed by atoms with Crippen LogP contribution in [0.15, 0.2) is 24.3 Å². The summed E-state index contributed by atoms with van der Waals surface area (Å²) >= 11 is 0. The molecular formula is C23H37NO5. The van der Waals surface area contributed by atoms with E-state index in [0.717, 1.165) is 25.7 Å². The molecule has 0 aliphatic rings. The van der Waals surface area contributed by atoms with Crippen LogP contribution in [0.1, 0.15) is 88.9 Å². The number of unbranched alkanes of at least 4 members (excludes halogenated alkanes) is 8. The third-order valence-electron chi connectivity index (χ3n) is 4.36. The Morgan fingerprint density at radius 1 is 0.897 bits per heavy atom. The van der Waals surface area contributed by atoms with Gasteiger partial charge in [0.05, 0.1) is 6.61 Å². The molecule has 0 atom stereocenters. The van der Waals surface area contributed by atoms with Crippen LogP contribution in [0.3, 0.4) is 0 Å². The highest BCUT2D eigenvalue weighted by Gasteiger charge is 2.15. The molecule has 0 saturated carbocycles. The van der Waals surface area contributed by atoms with Crippen LogP contribution in [0.25, 0.3) is 0 Å². The molecule has 1 rings (SSSR count). The lowest BCUT2D eigenvalue weighted by Gasteiger charge is -2.19. The molecule has 0 fully saturated rings. The minimum atomic E-state index is -0.957. The number of carboxylic acids is 1. The van der Waals surface area contributed by atoms with Crippen LogP contribution >= 0.6 is 0 Å². The molecule has 6 heteroatoms. The van der Waals surface area contributed by atoms with Crippen molar-refractivity contribution in [1.29, 1.82) is 0 Å². The number of para-hydroxylation sites is 1. The standard InChI is InChI=1S/C23H37NO5/c1-23(2,3)29-22(27)24-17-13-9-7-5-4-6-8-10-14-18-28-20-16-12-11-15-19(20)21(25)26/h11-12,15-16H,4-10,13-14,17-18H2,1-3H3,(H,24,27)(H,25,26). The third kappa shape index (κ3) is 12.8. The summed E-state index contributed by atoms with van der Waals surface area (Å²) in [5.41, 5.74) is -0.229. The van der Waals surface area contributed by atoms with Gasteiger partial charge in [-0.2, -0.15) is 0 Å². The van der Waals surface area contributed by atoms with Gasteiger partial charge in [0, 0.05) is 6.54 Å². The summed E-state index contributed by atoms with van der Waals surface area (Å²) in [5, 5.41) is 11.9. The quantitative estimate of drug-likeness (QED) is 0.381. The summed E-state index contributed by atoms with van der Waals surface area (Å²) in [4.78, 5) is 22.6. The highest BCUT2D eigenvalue weighted by Crippen LogP contribution is 2.18. The Hall–Kier alpha value is -2.24. The largest absolute Gasteiger partial charge is 0.493 e. The van der Waals surface area contributed by atoms with E-state index in [4.69, 9.17) is 14.6 Å². The summed E-state index contributed by atoms with van der Waals surface area (Å²) in [5.74, 6) is -0.512. The van der Waals surface area contributed by atoms with Crippen LogP contribution in [0.5, 0.6) is 5.75 Å². The van der Waals surface area contributed by atoms with E-state index in [2.05, 4.69) is 5.32 Å². The van der Waals surface area contributed by atoms with Gasteiger partial charge in [-0.3, -0.25) is 0 Å². The van der Waals surface area contributed by atoms with Crippen LogP contribution in [0, 0.1) is 0 Å². The highest BCUT2D eigenvalue weighted by molar-refractivity contribution is 5.90. The van der Waals surface area contributed by atoms with Crippen molar-refractivity contribution in [3.63, 3.8) is 0 Å². The average Bonchev–Trinajstić information content (AvgIpc) is 2.64. The van der Waals surface area contributed by atoms with Crippen molar-refractivity contribution in [3.05, 3.63) is 29.8 Å². The van der Waals surface area contributed by atoms with Gasteiger partial charge in [0.2, 0.25) is 0 Å². The zero-order valence-electron chi connectivity index (χ0n) is 18.2. The number of carbonyl (C=O) groups is 2. The maximum atomic E-state index is 11.5. The van der Waals surface area contributed by atoms with Gasteiger partial charge in [0.1, 0.15) is 16.9 Å². The van der Waals surface area contributed by atoms with Gasteiger partial charge in [-0.15, -0.1) is 0 Å². The lowest BCUT2D eigenvalue weighted by molar-refractivity contribution is 0.0526. The molecule has 0 aliphatic heterocycles. The maximum Gasteiger partial charge on any atom is 0.407 e. The van der Waals surface area contributed by atoms with E-state index in [1.54, 1.807) is 24.3 Å². The Kier molecular flexibility index (Phi) is 11.8. The van der Waals surface area contributed by atoms with Gasteiger partial charge >= 0.3 is 12.1 Å². The second kappa shape index (κ2) is 13.9. The number of nitrogens with one attached hydrogen (secondary N) is 1. The number of amides is 1. The van der Waals surface area contributed by atoms with Gasteiger partial charge in [0.15, 0.2) is 0 Å². The van der Waals surface area contributed by atoms with Gasteiger partial charge in [0.25, 0.3) is 0 Å². The number of aromatic carboxylic acids is 1. The van der Waals surface area contributed by atoms with E-state index in [1.165, 1.54) is 32.1 Å². The number of carbonyl (C=O) groups excluding carboxylic acids is 1. The molecular weight excluding hydrogens is 370 g/mol. The Morgan fingerprint density at radius 3 is 2.03 bits per heavy atom. The average molecular weight is 408 g/mol. The first kappa shape index (κ1) is 24.8. The van der Waals surface area contributed by atoms with Crippen LogP contribution in [-0.4, -0.2) is 35.9 Å². The van der Waals surface area contributed by atoms with E-state index in [1.807, 2.05) is 20.8 Å². The molecule has 1 aromatic rings. The van der Waals surface area contributed by atoms with Crippen LogP contribution < -0.4 is 10.1 Å². The fraction of sp³-hybridized carbons (Fsp3) is 0.652.